The first-order valence-corrected chi connectivity index (χ1v) is 8.59. The second kappa shape index (κ2) is 6.06. The van der Waals surface area contributed by atoms with E-state index in [0.717, 1.165) is 18.7 Å². The van der Waals surface area contributed by atoms with Crippen molar-refractivity contribution < 1.29 is 4.39 Å². The molecule has 0 amide bonds. The summed E-state index contributed by atoms with van der Waals surface area (Å²) in [6.07, 6.45) is 3.35. The van der Waals surface area contributed by atoms with Crippen molar-refractivity contribution in [3.63, 3.8) is 0 Å². The second-order valence-corrected chi connectivity index (χ2v) is 7.40. The van der Waals surface area contributed by atoms with Gasteiger partial charge < -0.3 is 0 Å². The Morgan fingerprint density at radius 2 is 2.08 bits per heavy atom. The van der Waals surface area contributed by atoms with Crippen molar-refractivity contribution in [1.82, 2.24) is 14.5 Å². The fraction of sp³-hybridized carbons (Fsp3) is 0.286. The molecule has 0 N–H and O–H groups in total. The molecule has 1 aliphatic heterocycles. The van der Waals surface area contributed by atoms with E-state index in [1.807, 2.05) is 6.07 Å². The third-order valence-corrected chi connectivity index (χ3v) is 4.72. The molecule has 0 radical (unpaired) electrons. The molecule has 3 aromatic rings. The zero-order valence-electron chi connectivity index (χ0n) is 14.7. The first-order chi connectivity index (χ1) is 12.4. The number of pyridine rings is 1. The fourth-order valence-corrected chi connectivity index (χ4v) is 3.26. The average molecular weight is 347 g/mol. The number of halogens is 1. The van der Waals surface area contributed by atoms with Crippen molar-refractivity contribution in [2.75, 3.05) is 0 Å². The van der Waals surface area contributed by atoms with Gasteiger partial charge >= 0.3 is 0 Å². The highest BCUT2D eigenvalue weighted by Crippen LogP contribution is 2.29. The van der Waals surface area contributed by atoms with Crippen LogP contribution >= 0.6 is 0 Å². The summed E-state index contributed by atoms with van der Waals surface area (Å²) in [5.41, 5.74) is 1.14. The van der Waals surface area contributed by atoms with Crippen LogP contribution in [0.4, 0.5) is 4.39 Å². The molecule has 0 saturated heterocycles. The number of hydrogen-bond donors (Lipinski definition) is 0. The summed E-state index contributed by atoms with van der Waals surface area (Å²) in [4.78, 5) is 21.5. The van der Waals surface area contributed by atoms with Crippen molar-refractivity contribution in [1.29, 1.82) is 0 Å². The highest BCUT2D eigenvalue weighted by Gasteiger charge is 2.27. The Balaban J connectivity index is 1.84. The van der Waals surface area contributed by atoms with Crippen molar-refractivity contribution >= 4 is 10.9 Å². The maximum absolute atomic E-state index is 14.5. The molecular weight excluding hydrogens is 329 g/mol. The normalized spacial score (nSPS) is 15.2. The minimum Gasteiger partial charge on any atom is -0.296 e. The van der Waals surface area contributed by atoms with E-state index in [1.54, 1.807) is 29.0 Å². The molecule has 26 heavy (non-hydrogen) atoms. The van der Waals surface area contributed by atoms with Gasteiger partial charge in [-0.3, -0.25) is 9.36 Å². The summed E-state index contributed by atoms with van der Waals surface area (Å²) in [5, 5.41) is 0.298. The van der Waals surface area contributed by atoms with E-state index < -0.39 is 5.82 Å². The minimum absolute atomic E-state index is 0.0405. The predicted octanol–water partition coefficient (Wildman–Crippen LogP) is 3.30. The number of aromatic nitrogens is 3. The lowest BCUT2D eigenvalue weighted by molar-refractivity contribution is 0.240. The van der Waals surface area contributed by atoms with Crippen molar-refractivity contribution in [2.45, 2.75) is 33.2 Å². The van der Waals surface area contributed by atoms with Crippen LogP contribution in [0.25, 0.3) is 10.9 Å². The molecule has 1 aromatic carbocycles. The SMILES string of the molecule is CC1(C)CCc2nc3cc(C#Cc4ccccn4)c(F)cc3c(=O)n2C1. The molecule has 0 saturated carbocycles. The Bertz CT molecular complexity index is 1120. The van der Waals surface area contributed by atoms with E-state index in [9.17, 15) is 9.18 Å². The third kappa shape index (κ3) is 2.99. The van der Waals surface area contributed by atoms with Crippen LogP contribution in [0, 0.1) is 23.1 Å². The maximum Gasteiger partial charge on any atom is 0.261 e. The molecule has 0 spiro atoms. The molecule has 0 unspecified atom stereocenters. The van der Waals surface area contributed by atoms with Crippen LogP contribution in [0.3, 0.4) is 0 Å². The molecule has 130 valence electrons. The van der Waals surface area contributed by atoms with Crippen molar-refractivity contribution in [2.24, 2.45) is 5.41 Å². The summed E-state index contributed by atoms with van der Waals surface area (Å²) in [7, 11) is 0. The lowest BCUT2D eigenvalue weighted by atomic mass is 9.85. The van der Waals surface area contributed by atoms with Crippen LogP contribution in [0.1, 0.15) is 37.4 Å². The zero-order valence-corrected chi connectivity index (χ0v) is 14.7. The standard InChI is InChI=1S/C21H18FN3O/c1-21(2)9-8-19-24-18-11-14(6-7-15-5-3-4-10-23-15)17(22)12-16(18)20(26)25(19)13-21/h3-5,10-12H,8-9,13H2,1-2H3. The van der Waals surface area contributed by atoms with Gasteiger partial charge in [0.1, 0.15) is 17.3 Å². The second-order valence-electron chi connectivity index (χ2n) is 7.40. The largest absolute Gasteiger partial charge is 0.296 e. The summed E-state index contributed by atoms with van der Waals surface area (Å²) in [5.74, 6) is 5.88. The molecule has 5 heteroatoms. The minimum atomic E-state index is -0.518. The Morgan fingerprint density at radius 1 is 1.23 bits per heavy atom. The van der Waals surface area contributed by atoms with E-state index in [1.165, 1.54) is 6.07 Å². The smallest absolute Gasteiger partial charge is 0.261 e. The average Bonchev–Trinajstić information content (AvgIpc) is 2.62. The van der Waals surface area contributed by atoms with E-state index >= 15 is 0 Å². The lowest BCUT2D eigenvalue weighted by Crippen LogP contribution is -2.36. The fourth-order valence-electron chi connectivity index (χ4n) is 3.26. The van der Waals surface area contributed by atoms with Gasteiger partial charge in [0, 0.05) is 19.2 Å². The molecule has 0 fully saturated rings. The van der Waals surface area contributed by atoms with Crippen LogP contribution in [0.2, 0.25) is 0 Å². The number of fused-ring (bicyclic) bond motifs is 2. The Labute approximate surface area is 150 Å². The van der Waals surface area contributed by atoms with E-state index in [0.29, 0.717) is 23.1 Å². The van der Waals surface area contributed by atoms with Gasteiger partial charge in [-0.05, 0) is 42.0 Å². The molecule has 2 aromatic heterocycles. The monoisotopic (exact) mass is 347 g/mol. The quantitative estimate of drug-likeness (QED) is 0.586. The topological polar surface area (TPSA) is 47.8 Å². The van der Waals surface area contributed by atoms with Gasteiger partial charge in [-0.25, -0.2) is 14.4 Å². The van der Waals surface area contributed by atoms with Gasteiger partial charge in [0.15, 0.2) is 0 Å². The van der Waals surface area contributed by atoms with E-state index in [4.69, 9.17) is 0 Å². The molecular formula is C21H18FN3O. The number of benzene rings is 1. The molecule has 0 aliphatic carbocycles. The van der Waals surface area contributed by atoms with Gasteiger partial charge in [0.05, 0.1) is 16.5 Å². The Hall–Kier alpha value is -3.00. The van der Waals surface area contributed by atoms with Gasteiger partial charge in [-0.15, -0.1) is 0 Å². The number of rotatable bonds is 0. The summed E-state index contributed by atoms with van der Waals surface area (Å²) in [6.45, 7) is 4.86. The first kappa shape index (κ1) is 16.5. The highest BCUT2D eigenvalue weighted by atomic mass is 19.1. The van der Waals surface area contributed by atoms with E-state index in [2.05, 4.69) is 35.7 Å². The van der Waals surface area contributed by atoms with Crippen LogP contribution in [-0.2, 0) is 13.0 Å². The predicted molar refractivity (Wildman–Crippen MR) is 98.3 cm³/mol. The summed E-state index contributed by atoms with van der Waals surface area (Å²) < 4.78 is 16.2. The highest BCUT2D eigenvalue weighted by molar-refractivity contribution is 5.79. The number of hydrogen-bond acceptors (Lipinski definition) is 3. The number of nitrogens with zero attached hydrogens (tertiary/aromatic N) is 3. The molecule has 4 rings (SSSR count). The first-order valence-electron chi connectivity index (χ1n) is 8.59. The Kier molecular flexibility index (Phi) is 3.84. The van der Waals surface area contributed by atoms with Crippen LogP contribution < -0.4 is 5.56 Å². The molecule has 0 bridgehead atoms. The summed E-state index contributed by atoms with van der Waals surface area (Å²) in [6, 6.07) is 8.19. The van der Waals surface area contributed by atoms with Crippen molar-refractivity contribution in [3.05, 3.63) is 69.8 Å². The molecule has 3 heterocycles. The molecule has 0 atom stereocenters. The van der Waals surface area contributed by atoms with Gasteiger partial charge in [-0.2, -0.15) is 0 Å². The van der Waals surface area contributed by atoms with Gasteiger partial charge in [0.2, 0.25) is 0 Å². The van der Waals surface area contributed by atoms with Crippen LogP contribution in [-0.4, -0.2) is 14.5 Å². The van der Waals surface area contributed by atoms with Crippen LogP contribution in [0.15, 0.2) is 41.3 Å². The van der Waals surface area contributed by atoms with Gasteiger partial charge in [-0.1, -0.05) is 25.8 Å². The number of aryl methyl sites for hydroxylation is 1. The maximum atomic E-state index is 14.5. The summed E-state index contributed by atoms with van der Waals surface area (Å²) >= 11 is 0. The van der Waals surface area contributed by atoms with E-state index in [-0.39, 0.29) is 16.5 Å². The Morgan fingerprint density at radius 3 is 2.85 bits per heavy atom. The zero-order chi connectivity index (χ0) is 18.3. The van der Waals surface area contributed by atoms with Crippen LogP contribution in [0.5, 0.6) is 0 Å². The third-order valence-electron chi connectivity index (χ3n) is 4.72. The molecule has 1 aliphatic rings. The van der Waals surface area contributed by atoms with Crippen molar-refractivity contribution in [3.8, 4) is 11.8 Å². The van der Waals surface area contributed by atoms with Gasteiger partial charge in [0.25, 0.3) is 5.56 Å². The molecule has 4 nitrogen and oxygen atoms in total. The lowest BCUT2D eigenvalue weighted by Gasteiger charge is -2.31.